The van der Waals surface area contributed by atoms with Crippen LogP contribution in [-0.4, -0.2) is 37.5 Å². The van der Waals surface area contributed by atoms with Crippen molar-refractivity contribution in [3.05, 3.63) is 34.9 Å². The first kappa shape index (κ1) is 16.5. The minimum absolute atomic E-state index is 0.179. The molecule has 2 amide bonds. The third-order valence-electron chi connectivity index (χ3n) is 2.92. The van der Waals surface area contributed by atoms with Crippen LogP contribution in [0.25, 0.3) is 0 Å². The van der Waals surface area contributed by atoms with E-state index in [4.69, 9.17) is 11.6 Å². The summed E-state index contributed by atoms with van der Waals surface area (Å²) in [6, 6.07) is 6.09. The number of amides is 2. The molecule has 0 spiro atoms. The molecule has 20 heavy (non-hydrogen) atoms. The second-order valence-electron chi connectivity index (χ2n) is 4.64. The van der Waals surface area contributed by atoms with Crippen LogP contribution in [0.1, 0.15) is 24.2 Å². The number of halogens is 1. The molecular formula is C14H20ClN3O2. The molecule has 3 N–H and O–H groups in total. The van der Waals surface area contributed by atoms with E-state index in [1.807, 2.05) is 14.0 Å². The van der Waals surface area contributed by atoms with E-state index in [2.05, 4.69) is 16.0 Å². The summed E-state index contributed by atoms with van der Waals surface area (Å²) in [4.78, 5) is 23.7. The molecule has 1 aromatic carbocycles. The summed E-state index contributed by atoms with van der Waals surface area (Å²) < 4.78 is 0. The first-order valence-electron chi connectivity index (χ1n) is 6.45. The Labute approximate surface area is 124 Å². The van der Waals surface area contributed by atoms with E-state index in [0.29, 0.717) is 17.1 Å². The molecule has 0 fully saturated rings. The zero-order chi connectivity index (χ0) is 15.1. The second-order valence-corrected chi connectivity index (χ2v) is 5.07. The van der Waals surface area contributed by atoms with Crippen molar-refractivity contribution in [3.8, 4) is 0 Å². The molecule has 1 aromatic rings. The van der Waals surface area contributed by atoms with Gasteiger partial charge >= 0.3 is 0 Å². The summed E-state index contributed by atoms with van der Waals surface area (Å²) in [6.07, 6.45) is 0. The molecule has 1 rings (SSSR count). The lowest BCUT2D eigenvalue weighted by atomic mass is 10.2. The Hall–Kier alpha value is -1.59. The fraction of sp³-hybridized carbons (Fsp3) is 0.429. The summed E-state index contributed by atoms with van der Waals surface area (Å²) in [6.45, 7) is 4.11. The van der Waals surface area contributed by atoms with Crippen LogP contribution in [0.4, 0.5) is 0 Å². The Balaban J connectivity index is 2.48. The highest BCUT2D eigenvalue weighted by molar-refractivity contribution is 6.30. The van der Waals surface area contributed by atoms with Gasteiger partial charge in [0, 0.05) is 23.2 Å². The number of nitrogens with one attached hydrogen (secondary N) is 3. The average Bonchev–Trinajstić information content (AvgIpc) is 2.44. The van der Waals surface area contributed by atoms with E-state index < -0.39 is 6.04 Å². The fourth-order valence-corrected chi connectivity index (χ4v) is 1.58. The fourth-order valence-electron chi connectivity index (χ4n) is 1.46. The van der Waals surface area contributed by atoms with Gasteiger partial charge in [-0.3, -0.25) is 9.59 Å². The minimum atomic E-state index is -0.595. The van der Waals surface area contributed by atoms with E-state index in [1.165, 1.54) is 0 Å². The standard InChI is InChI=1S/C14H20ClN3O2/c1-9(16-3)8-17-13(19)10(2)18-14(20)11-4-6-12(15)7-5-11/h4-7,9-10,16H,8H2,1-3H3,(H,17,19)(H,18,20). The van der Waals surface area contributed by atoms with Crippen LogP contribution < -0.4 is 16.0 Å². The lowest BCUT2D eigenvalue weighted by Crippen LogP contribution is -2.47. The number of hydrogen-bond donors (Lipinski definition) is 3. The maximum absolute atomic E-state index is 11.9. The summed E-state index contributed by atoms with van der Waals surface area (Å²) in [5, 5.41) is 8.98. The molecule has 0 saturated carbocycles. The van der Waals surface area contributed by atoms with Crippen molar-refractivity contribution in [2.75, 3.05) is 13.6 Å². The van der Waals surface area contributed by atoms with E-state index in [-0.39, 0.29) is 17.9 Å². The maximum atomic E-state index is 11.9. The Morgan fingerprint density at radius 1 is 1.20 bits per heavy atom. The van der Waals surface area contributed by atoms with Crippen LogP contribution >= 0.6 is 11.6 Å². The maximum Gasteiger partial charge on any atom is 0.251 e. The van der Waals surface area contributed by atoms with Crippen LogP contribution in [0.5, 0.6) is 0 Å². The van der Waals surface area contributed by atoms with E-state index in [9.17, 15) is 9.59 Å². The second kappa shape index (κ2) is 7.87. The molecular weight excluding hydrogens is 278 g/mol. The SMILES string of the molecule is CNC(C)CNC(=O)C(C)NC(=O)c1ccc(Cl)cc1. The molecule has 6 heteroatoms. The summed E-state index contributed by atoms with van der Waals surface area (Å²) in [7, 11) is 1.82. The lowest BCUT2D eigenvalue weighted by Gasteiger charge is -2.16. The van der Waals surface area contributed by atoms with Crippen molar-refractivity contribution < 1.29 is 9.59 Å². The molecule has 0 aliphatic rings. The van der Waals surface area contributed by atoms with Gasteiger partial charge in [0.2, 0.25) is 5.91 Å². The molecule has 0 aliphatic heterocycles. The normalized spacial score (nSPS) is 13.4. The van der Waals surface area contributed by atoms with Gasteiger partial charge in [-0.25, -0.2) is 0 Å². The van der Waals surface area contributed by atoms with Gasteiger partial charge in [-0.1, -0.05) is 11.6 Å². The monoisotopic (exact) mass is 297 g/mol. The summed E-state index contributed by atoms with van der Waals surface area (Å²) in [5.41, 5.74) is 0.470. The van der Waals surface area contributed by atoms with Gasteiger partial charge in [0.1, 0.15) is 6.04 Å². The number of benzene rings is 1. The van der Waals surface area contributed by atoms with Crippen LogP contribution in [0.15, 0.2) is 24.3 Å². The van der Waals surface area contributed by atoms with Gasteiger partial charge < -0.3 is 16.0 Å². The van der Waals surface area contributed by atoms with Crippen molar-refractivity contribution in [1.29, 1.82) is 0 Å². The third kappa shape index (κ3) is 5.19. The van der Waals surface area contributed by atoms with Crippen LogP contribution in [0.2, 0.25) is 5.02 Å². The number of likely N-dealkylation sites (N-methyl/N-ethyl adjacent to an activating group) is 1. The molecule has 0 saturated heterocycles. The molecule has 0 aliphatic carbocycles. The minimum Gasteiger partial charge on any atom is -0.353 e. The van der Waals surface area contributed by atoms with Crippen molar-refractivity contribution in [2.24, 2.45) is 0 Å². The van der Waals surface area contributed by atoms with Crippen LogP contribution in [0, 0.1) is 0 Å². The van der Waals surface area contributed by atoms with Gasteiger partial charge in [-0.2, -0.15) is 0 Å². The Morgan fingerprint density at radius 3 is 2.35 bits per heavy atom. The van der Waals surface area contributed by atoms with E-state index in [0.717, 1.165) is 0 Å². The van der Waals surface area contributed by atoms with Crippen LogP contribution in [-0.2, 0) is 4.79 Å². The summed E-state index contributed by atoms with van der Waals surface area (Å²) in [5.74, 6) is -0.514. The van der Waals surface area contributed by atoms with E-state index >= 15 is 0 Å². The Morgan fingerprint density at radius 2 is 1.80 bits per heavy atom. The van der Waals surface area contributed by atoms with E-state index in [1.54, 1.807) is 31.2 Å². The molecule has 0 aromatic heterocycles. The van der Waals surface area contributed by atoms with Crippen molar-refractivity contribution in [2.45, 2.75) is 25.9 Å². The first-order valence-corrected chi connectivity index (χ1v) is 6.83. The summed E-state index contributed by atoms with van der Waals surface area (Å²) >= 11 is 5.76. The highest BCUT2D eigenvalue weighted by atomic mass is 35.5. The van der Waals surface area contributed by atoms with Gasteiger partial charge in [0.25, 0.3) is 5.91 Å². The Kier molecular flexibility index (Phi) is 6.48. The average molecular weight is 298 g/mol. The molecule has 0 bridgehead atoms. The highest BCUT2D eigenvalue weighted by Gasteiger charge is 2.16. The van der Waals surface area contributed by atoms with Crippen molar-refractivity contribution in [3.63, 3.8) is 0 Å². The zero-order valence-electron chi connectivity index (χ0n) is 11.9. The van der Waals surface area contributed by atoms with Gasteiger partial charge in [-0.15, -0.1) is 0 Å². The number of rotatable bonds is 6. The molecule has 2 unspecified atom stereocenters. The predicted octanol–water partition coefficient (Wildman–Crippen LogP) is 1.18. The van der Waals surface area contributed by atoms with Gasteiger partial charge in [0.15, 0.2) is 0 Å². The molecule has 2 atom stereocenters. The molecule has 110 valence electrons. The highest BCUT2D eigenvalue weighted by Crippen LogP contribution is 2.09. The predicted molar refractivity (Wildman–Crippen MR) is 79.9 cm³/mol. The third-order valence-corrected chi connectivity index (χ3v) is 3.17. The number of hydrogen-bond acceptors (Lipinski definition) is 3. The van der Waals surface area contributed by atoms with Gasteiger partial charge in [-0.05, 0) is 45.2 Å². The van der Waals surface area contributed by atoms with Crippen LogP contribution in [0.3, 0.4) is 0 Å². The first-order chi connectivity index (χ1) is 9.43. The zero-order valence-corrected chi connectivity index (χ0v) is 12.6. The van der Waals surface area contributed by atoms with Crippen molar-refractivity contribution in [1.82, 2.24) is 16.0 Å². The number of carbonyl (C=O) groups excluding carboxylic acids is 2. The quantitative estimate of drug-likeness (QED) is 0.738. The molecule has 0 heterocycles. The molecule has 5 nitrogen and oxygen atoms in total. The Bertz CT molecular complexity index is 462. The lowest BCUT2D eigenvalue weighted by molar-refractivity contribution is -0.122. The van der Waals surface area contributed by atoms with Gasteiger partial charge in [0.05, 0.1) is 0 Å². The smallest absolute Gasteiger partial charge is 0.251 e. The largest absolute Gasteiger partial charge is 0.353 e. The molecule has 0 radical (unpaired) electrons. The number of carbonyl (C=O) groups is 2. The van der Waals surface area contributed by atoms with Crippen molar-refractivity contribution >= 4 is 23.4 Å². The topological polar surface area (TPSA) is 70.2 Å².